The summed E-state index contributed by atoms with van der Waals surface area (Å²) < 4.78 is 6.50. The lowest BCUT2D eigenvalue weighted by Gasteiger charge is -2.25. The van der Waals surface area contributed by atoms with E-state index in [0.29, 0.717) is 25.1 Å². The molecule has 0 spiro atoms. The number of carbonyl (C=O) groups excluding carboxylic acids is 1. The Bertz CT molecular complexity index is 1170. The zero-order valence-electron chi connectivity index (χ0n) is 18.7. The molecule has 2 heterocycles. The topological polar surface area (TPSA) is 127 Å². The van der Waals surface area contributed by atoms with E-state index in [2.05, 4.69) is 10.1 Å². The molecule has 0 saturated carbocycles. The predicted molar refractivity (Wildman–Crippen MR) is 123 cm³/mol. The smallest absolute Gasteiger partial charge is 0.330 e. The van der Waals surface area contributed by atoms with Gasteiger partial charge < -0.3 is 15.2 Å². The first-order valence-corrected chi connectivity index (χ1v) is 10.7. The number of rotatable bonds is 9. The van der Waals surface area contributed by atoms with Crippen LogP contribution in [0.15, 0.2) is 44.4 Å². The van der Waals surface area contributed by atoms with E-state index in [0.717, 1.165) is 23.2 Å². The summed E-state index contributed by atoms with van der Waals surface area (Å²) in [4.78, 5) is 42.2. The minimum absolute atomic E-state index is 0.00572. The molecule has 3 rings (SSSR count). The average Bonchev–Trinajstić information content (AvgIpc) is 3.09. The first-order chi connectivity index (χ1) is 15.3. The van der Waals surface area contributed by atoms with Gasteiger partial charge in [-0.15, -0.1) is 0 Å². The number of unbranched alkanes of at least 4 members (excludes halogenated alkanes) is 1. The van der Waals surface area contributed by atoms with Crippen LogP contribution in [0, 0.1) is 13.8 Å². The van der Waals surface area contributed by atoms with Crippen LogP contribution in [0.5, 0.6) is 0 Å². The van der Waals surface area contributed by atoms with Crippen LogP contribution in [-0.4, -0.2) is 20.6 Å². The Labute approximate surface area is 185 Å². The van der Waals surface area contributed by atoms with Gasteiger partial charge in [0, 0.05) is 18.5 Å². The summed E-state index contributed by atoms with van der Waals surface area (Å²) in [7, 11) is 0. The number of nitrogens with zero attached hydrogens (tertiary/aromatic N) is 3. The highest BCUT2D eigenvalue weighted by Crippen LogP contribution is 2.22. The first-order valence-electron chi connectivity index (χ1n) is 10.7. The number of benzene rings is 1. The first kappa shape index (κ1) is 23.1. The van der Waals surface area contributed by atoms with E-state index in [9.17, 15) is 14.4 Å². The summed E-state index contributed by atoms with van der Waals surface area (Å²) in [6.45, 7) is 6.13. The van der Waals surface area contributed by atoms with E-state index in [4.69, 9.17) is 10.3 Å². The maximum atomic E-state index is 13.4. The zero-order chi connectivity index (χ0) is 23.3. The number of aromatic amines is 1. The second-order valence-corrected chi connectivity index (χ2v) is 7.77. The molecule has 2 aromatic heterocycles. The average molecular weight is 440 g/mol. The van der Waals surface area contributed by atoms with E-state index in [1.807, 2.05) is 44.2 Å². The van der Waals surface area contributed by atoms with E-state index in [-0.39, 0.29) is 30.4 Å². The summed E-state index contributed by atoms with van der Waals surface area (Å²) in [5.74, 6) is 0.371. The van der Waals surface area contributed by atoms with Gasteiger partial charge in [0.2, 0.25) is 5.91 Å². The molecule has 1 amide bonds. The molecule has 0 saturated heterocycles. The SMILES string of the molecule is CCCCn1c(N)c(N(Cc2ccccc2)C(=O)CCc2c(C)noc2C)c(=O)[nH]c1=O. The van der Waals surface area contributed by atoms with Gasteiger partial charge in [0.05, 0.1) is 12.2 Å². The molecule has 3 N–H and O–H groups in total. The zero-order valence-corrected chi connectivity index (χ0v) is 18.7. The summed E-state index contributed by atoms with van der Waals surface area (Å²) in [5, 5.41) is 3.93. The molecule has 0 fully saturated rings. The summed E-state index contributed by atoms with van der Waals surface area (Å²) in [6, 6.07) is 9.33. The number of H-pyrrole nitrogens is 1. The lowest BCUT2D eigenvalue weighted by molar-refractivity contribution is -0.118. The van der Waals surface area contributed by atoms with Crippen LogP contribution < -0.4 is 21.9 Å². The maximum absolute atomic E-state index is 13.4. The Balaban J connectivity index is 2.00. The highest BCUT2D eigenvalue weighted by molar-refractivity contribution is 5.95. The number of anilines is 2. The van der Waals surface area contributed by atoms with Crippen molar-refractivity contribution in [2.45, 2.75) is 59.5 Å². The van der Waals surface area contributed by atoms with E-state index in [1.165, 1.54) is 9.47 Å². The Kier molecular flexibility index (Phi) is 7.29. The van der Waals surface area contributed by atoms with Gasteiger partial charge in [-0.25, -0.2) is 4.79 Å². The summed E-state index contributed by atoms with van der Waals surface area (Å²) >= 11 is 0. The monoisotopic (exact) mass is 439 g/mol. The molecule has 0 radical (unpaired) electrons. The minimum atomic E-state index is -0.679. The Hall–Kier alpha value is -3.62. The fourth-order valence-corrected chi connectivity index (χ4v) is 3.66. The van der Waals surface area contributed by atoms with Crippen molar-refractivity contribution < 1.29 is 9.32 Å². The number of aryl methyl sites for hydroxylation is 2. The molecule has 0 atom stereocenters. The Morgan fingerprint density at radius 1 is 1.22 bits per heavy atom. The largest absolute Gasteiger partial charge is 0.383 e. The molecule has 170 valence electrons. The van der Waals surface area contributed by atoms with Crippen LogP contribution in [0.2, 0.25) is 0 Å². The molecule has 0 aliphatic heterocycles. The highest BCUT2D eigenvalue weighted by Gasteiger charge is 2.25. The van der Waals surface area contributed by atoms with Crippen LogP contribution in [0.1, 0.15) is 48.8 Å². The van der Waals surface area contributed by atoms with Crippen molar-refractivity contribution in [1.82, 2.24) is 14.7 Å². The van der Waals surface area contributed by atoms with Crippen molar-refractivity contribution in [2.75, 3.05) is 10.6 Å². The Morgan fingerprint density at radius 2 is 1.94 bits per heavy atom. The third-order valence-electron chi connectivity index (χ3n) is 5.47. The molecule has 0 aliphatic carbocycles. The molecule has 1 aromatic carbocycles. The van der Waals surface area contributed by atoms with Gasteiger partial charge in [-0.3, -0.25) is 19.1 Å². The van der Waals surface area contributed by atoms with Gasteiger partial charge in [0.1, 0.15) is 11.6 Å². The lowest BCUT2D eigenvalue weighted by Crippen LogP contribution is -2.41. The Morgan fingerprint density at radius 3 is 2.56 bits per heavy atom. The van der Waals surface area contributed by atoms with Gasteiger partial charge in [0.25, 0.3) is 5.56 Å². The van der Waals surface area contributed by atoms with Crippen molar-refractivity contribution in [1.29, 1.82) is 0 Å². The van der Waals surface area contributed by atoms with Crippen LogP contribution >= 0.6 is 0 Å². The number of carbonyl (C=O) groups is 1. The van der Waals surface area contributed by atoms with Crippen LogP contribution in [0.25, 0.3) is 0 Å². The van der Waals surface area contributed by atoms with Crippen molar-refractivity contribution in [3.8, 4) is 0 Å². The second-order valence-electron chi connectivity index (χ2n) is 7.77. The van der Waals surface area contributed by atoms with Crippen molar-refractivity contribution in [3.63, 3.8) is 0 Å². The van der Waals surface area contributed by atoms with Crippen molar-refractivity contribution in [2.24, 2.45) is 0 Å². The number of hydrogen-bond donors (Lipinski definition) is 2. The number of amides is 1. The van der Waals surface area contributed by atoms with Gasteiger partial charge in [0.15, 0.2) is 5.69 Å². The standard InChI is InChI=1S/C23H29N5O4/c1-4-5-13-27-21(24)20(22(30)25-23(27)31)28(14-17-9-7-6-8-10-17)19(29)12-11-18-15(2)26-32-16(18)3/h6-10H,4-5,11-14,24H2,1-3H3,(H,25,30,31). The normalized spacial score (nSPS) is 11.0. The lowest BCUT2D eigenvalue weighted by atomic mass is 10.1. The maximum Gasteiger partial charge on any atom is 0.330 e. The number of nitrogens with two attached hydrogens (primary N) is 1. The molecular weight excluding hydrogens is 410 g/mol. The minimum Gasteiger partial charge on any atom is -0.383 e. The van der Waals surface area contributed by atoms with Crippen LogP contribution in [0.4, 0.5) is 11.5 Å². The molecule has 0 bridgehead atoms. The second kappa shape index (κ2) is 10.1. The van der Waals surface area contributed by atoms with Crippen molar-refractivity contribution >= 4 is 17.4 Å². The molecule has 9 heteroatoms. The summed E-state index contributed by atoms with van der Waals surface area (Å²) in [6.07, 6.45) is 2.11. The van der Waals surface area contributed by atoms with Crippen LogP contribution in [-0.2, 0) is 24.3 Å². The van der Waals surface area contributed by atoms with Gasteiger partial charge >= 0.3 is 5.69 Å². The summed E-state index contributed by atoms with van der Waals surface area (Å²) in [5.41, 5.74) is 7.46. The van der Waals surface area contributed by atoms with Crippen molar-refractivity contribution in [3.05, 3.63) is 73.8 Å². The van der Waals surface area contributed by atoms with Gasteiger partial charge in [-0.2, -0.15) is 0 Å². The molecule has 0 unspecified atom stereocenters. The number of aromatic nitrogens is 3. The number of nitrogens with one attached hydrogen (secondary N) is 1. The van der Waals surface area contributed by atoms with E-state index >= 15 is 0 Å². The fourth-order valence-electron chi connectivity index (χ4n) is 3.66. The molecule has 0 aliphatic rings. The van der Waals surface area contributed by atoms with E-state index in [1.54, 1.807) is 6.92 Å². The molecular formula is C23H29N5O4. The number of nitrogen functional groups attached to an aromatic ring is 1. The predicted octanol–water partition coefficient (Wildman–Crippen LogP) is 2.69. The molecule has 3 aromatic rings. The van der Waals surface area contributed by atoms with E-state index < -0.39 is 11.2 Å². The highest BCUT2D eigenvalue weighted by atomic mass is 16.5. The van der Waals surface area contributed by atoms with Gasteiger partial charge in [-0.1, -0.05) is 48.8 Å². The van der Waals surface area contributed by atoms with Crippen LogP contribution in [0.3, 0.4) is 0 Å². The number of hydrogen-bond acceptors (Lipinski definition) is 6. The van der Waals surface area contributed by atoms with Gasteiger partial charge in [-0.05, 0) is 32.3 Å². The third-order valence-corrected chi connectivity index (χ3v) is 5.47. The quantitative estimate of drug-likeness (QED) is 0.528. The molecule has 9 nitrogen and oxygen atoms in total. The molecule has 32 heavy (non-hydrogen) atoms. The third kappa shape index (κ3) is 4.99. The fraction of sp³-hybridized carbons (Fsp3) is 0.391.